The van der Waals surface area contributed by atoms with Crippen LogP contribution >= 0.6 is 0 Å². The maximum absolute atomic E-state index is 10.0. The van der Waals surface area contributed by atoms with E-state index in [4.69, 9.17) is 0 Å². The normalized spacial score (nSPS) is 31.6. The molecule has 0 saturated carbocycles. The minimum atomic E-state index is -0.902. The molecule has 0 aromatic heterocycles. The lowest BCUT2D eigenvalue weighted by Gasteiger charge is -2.21. The molecule has 1 aromatic carbocycles. The summed E-state index contributed by atoms with van der Waals surface area (Å²) in [6, 6.07) is 9.68. The lowest BCUT2D eigenvalue weighted by molar-refractivity contribution is 0.0809. The topological polar surface area (TPSA) is 40.5 Å². The highest BCUT2D eigenvalue weighted by Gasteiger charge is 2.35. The van der Waals surface area contributed by atoms with Gasteiger partial charge in [-0.25, -0.2) is 0 Å². The van der Waals surface area contributed by atoms with Crippen molar-refractivity contribution >= 4 is 5.57 Å². The largest absolute Gasteiger partial charge is 0.389 e. The second-order valence-electron chi connectivity index (χ2n) is 3.99. The SMILES string of the molecule is C[C@]1(O)C[C@@H](O)C=C1c1ccccc1. The Morgan fingerprint density at radius 1 is 1.29 bits per heavy atom. The molecule has 14 heavy (non-hydrogen) atoms. The molecule has 0 spiro atoms. The molecule has 0 amide bonds. The Bertz CT molecular complexity index is 352. The van der Waals surface area contributed by atoms with Crippen LogP contribution in [0.1, 0.15) is 18.9 Å². The zero-order chi connectivity index (χ0) is 10.2. The molecule has 0 bridgehead atoms. The average Bonchev–Trinajstić information content (AvgIpc) is 2.41. The molecule has 74 valence electrons. The summed E-state index contributed by atoms with van der Waals surface area (Å²) >= 11 is 0. The molecule has 2 nitrogen and oxygen atoms in total. The van der Waals surface area contributed by atoms with Gasteiger partial charge in [0.2, 0.25) is 0 Å². The van der Waals surface area contributed by atoms with Crippen molar-refractivity contribution < 1.29 is 10.2 Å². The fraction of sp³-hybridized carbons (Fsp3) is 0.333. The number of hydrogen-bond acceptors (Lipinski definition) is 2. The van der Waals surface area contributed by atoms with E-state index in [1.165, 1.54) is 0 Å². The Labute approximate surface area is 83.5 Å². The molecule has 0 fully saturated rings. The Morgan fingerprint density at radius 2 is 1.93 bits per heavy atom. The lowest BCUT2D eigenvalue weighted by Crippen LogP contribution is -2.24. The molecular weight excluding hydrogens is 176 g/mol. The predicted octanol–water partition coefficient (Wildman–Crippen LogP) is 1.59. The Hall–Kier alpha value is -1.12. The Kier molecular flexibility index (Phi) is 2.17. The molecular formula is C12H14O2. The van der Waals surface area contributed by atoms with Crippen molar-refractivity contribution in [3.8, 4) is 0 Å². The van der Waals surface area contributed by atoms with Crippen LogP contribution in [0, 0.1) is 0 Å². The van der Waals surface area contributed by atoms with E-state index in [0.29, 0.717) is 6.42 Å². The zero-order valence-electron chi connectivity index (χ0n) is 8.14. The van der Waals surface area contributed by atoms with E-state index in [0.717, 1.165) is 11.1 Å². The first kappa shape index (κ1) is 9.44. The van der Waals surface area contributed by atoms with Crippen molar-refractivity contribution in [1.29, 1.82) is 0 Å². The fourth-order valence-corrected chi connectivity index (χ4v) is 1.97. The maximum atomic E-state index is 10.0. The van der Waals surface area contributed by atoms with Crippen molar-refractivity contribution in [2.24, 2.45) is 0 Å². The van der Waals surface area contributed by atoms with E-state index in [1.807, 2.05) is 30.3 Å². The van der Waals surface area contributed by atoms with E-state index in [-0.39, 0.29) is 0 Å². The van der Waals surface area contributed by atoms with Crippen molar-refractivity contribution in [1.82, 2.24) is 0 Å². The number of hydrogen-bond donors (Lipinski definition) is 2. The van der Waals surface area contributed by atoms with Crippen molar-refractivity contribution in [3.63, 3.8) is 0 Å². The predicted molar refractivity (Wildman–Crippen MR) is 55.7 cm³/mol. The van der Waals surface area contributed by atoms with Gasteiger partial charge < -0.3 is 10.2 Å². The highest BCUT2D eigenvalue weighted by atomic mass is 16.3. The van der Waals surface area contributed by atoms with Gasteiger partial charge in [-0.1, -0.05) is 30.3 Å². The molecule has 0 saturated heterocycles. The minimum Gasteiger partial charge on any atom is -0.389 e. The van der Waals surface area contributed by atoms with Crippen LogP contribution in [0.5, 0.6) is 0 Å². The van der Waals surface area contributed by atoms with E-state index >= 15 is 0 Å². The van der Waals surface area contributed by atoms with Crippen LogP contribution in [0.15, 0.2) is 36.4 Å². The third-order valence-electron chi connectivity index (χ3n) is 2.63. The van der Waals surface area contributed by atoms with Gasteiger partial charge in [-0.05, 0) is 24.1 Å². The van der Waals surface area contributed by atoms with E-state index in [1.54, 1.807) is 13.0 Å². The summed E-state index contributed by atoms with van der Waals surface area (Å²) in [5.74, 6) is 0. The molecule has 1 aliphatic carbocycles. The molecule has 0 unspecified atom stereocenters. The van der Waals surface area contributed by atoms with E-state index in [2.05, 4.69) is 0 Å². The summed E-state index contributed by atoms with van der Waals surface area (Å²) in [5.41, 5.74) is 0.903. The standard InChI is InChI=1S/C12H14O2/c1-12(14)8-10(13)7-11(12)9-5-3-2-4-6-9/h2-7,10,13-14H,8H2,1H3/t10-,12-/m0/s1. The minimum absolute atomic E-state index is 0.386. The molecule has 0 aliphatic heterocycles. The Morgan fingerprint density at radius 3 is 2.43 bits per heavy atom. The number of aliphatic hydroxyl groups is 2. The number of aliphatic hydroxyl groups excluding tert-OH is 1. The second-order valence-corrected chi connectivity index (χ2v) is 3.99. The van der Waals surface area contributed by atoms with Gasteiger partial charge >= 0.3 is 0 Å². The number of benzene rings is 1. The summed E-state index contributed by atoms with van der Waals surface area (Å²) in [6.45, 7) is 1.74. The van der Waals surface area contributed by atoms with Crippen LogP contribution in [0.4, 0.5) is 0 Å². The van der Waals surface area contributed by atoms with Crippen LogP contribution in [-0.2, 0) is 0 Å². The smallest absolute Gasteiger partial charge is 0.0899 e. The third-order valence-corrected chi connectivity index (χ3v) is 2.63. The van der Waals surface area contributed by atoms with E-state index < -0.39 is 11.7 Å². The summed E-state index contributed by atoms with van der Waals surface area (Å²) in [4.78, 5) is 0. The molecule has 2 N–H and O–H groups in total. The quantitative estimate of drug-likeness (QED) is 0.706. The second kappa shape index (κ2) is 3.23. The fourth-order valence-electron chi connectivity index (χ4n) is 1.97. The third kappa shape index (κ3) is 1.59. The molecule has 2 atom stereocenters. The van der Waals surface area contributed by atoms with E-state index in [9.17, 15) is 10.2 Å². The first-order chi connectivity index (χ1) is 6.59. The highest BCUT2D eigenvalue weighted by molar-refractivity contribution is 5.74. The van der Waals surface area contributed by atoms with Crippen molar-refractivity contribution in [3.05, 3.63) is 42.0 Å². The summed E-state index contributed by atoms with van der Waals surface area (Å²) in [5, 5.41) is 19.5. The first-order valence-corrected chi connectivity index (χ1v) is 4.78. The number of rotatable bonds is 1. The van der Waals surface area contributed by atoms with Gasteiger partial charge in [0.05, 0.1) is 11.7 Å². The van der Waals surface area contributed by atoms with Gasteiger partial charge in [0, 0.05) is 6.42 Å². The van der Waals surface area contributed by atoms with Crippen LogP contribution in [0.25, 0.3) is 5.57 Å². The highest BCUT2D eigenvalue weighted by Crippen LogP contribution is 2.36. The molecule has 0 heterocycles. The molecule has 2 rings (SSSR count). The van der Waals surface area contributed by atoms with Crippen LogP contribution in [0.3, 0.4) is 0 Å². The summed E-state index contributed by atoms with van der Waals surface area (Å²) in [7, 11) is 0. The van der Waals surface area contributed by atoms with Gasteiger partial charge in [0.15, 0.2) is 0 Å². The van der Waals surface area contributed by atoms with Gasteiger partial charge in [0.25, 0.3) is 0 Å². The Balaban J connectivity index is 2.40. The molecule has 2 heteroatoms. The first-order valence-electron chi connectivity index (χ1n) is 4.78. The molecule has 1 aromatic rings. The average molecular weight is 190 g/mol. The van der Waals surface area contributed by atoms with Crippen LogP contribution in [-0.4, -0.2) is 21.9 Å². The summed E-state index contributed by atoms with van der Waals surface area (Å²) in [6.07, 6.45) is 1.59. The van der Waals surface area contributed by atoms with Crippen molar-refractivity contribution in [2.75, 3.05) is 0 Å². The summed E-state index contributed by atoms with van der Waals surface area (Å²) < 4.78 is 0. The van der Waals surface area contributed by atoms with Gasteiger partial charge in [-0.15, -0.1) is 0 Å². The van der Waals surface area contributed by atoms with Gasteiger partial charge in [-0.3, -0.25) is 0 Å². The van der Waals surface area contributed by atoms with Gasteiger partial charge in [0.1, 0.15) is 0 Å². The monoisotopic (exact) mass is 190 g/mol. The molecule has 1 aliphatic rings. The van der Waals surface area contributed by atoms with Crippen LogP contribution < -0.4 is 0 Å². The van der Waals surface area contributed by atoms with Crippen molar-refractivity contribution in [2.45, 2.75) is 25.0 Å². The van der Waals surface area contributed by atoms with Crippen LogP contribution in [0.2, 0.25) is 0 Å². The lowest BCUT2D eigenvalue weighted by atomic mass is 9.92. The zero-order valence-corrected chi connectivity index (χ0v) is 8.14. The maximum Gasteiger partial charge on any atom is 0.0899 e. The van der Waals surface area contributed by atoms with Gasteiger partial charge in [-0.2, -0.15) is 0 Å². The molecule has 0 radical (unpaired) electrons.